The fourth-order valence-electron chi connectivity index (χ4n) is 3.29. The number of aromatic nitrogens is 1. The molecule has 0 radical (unpaired) electrons. The summed E-state index contributed by atoms with van der Waals surface area (Å²) in [5.41, 5.74) is 0.274. The van der Waals surface area contributed by atoms with Crippen LogP contribution in [0.25, 0.3) is 10.2 Å². The van der Waals surface area contributed by atoms with Crippen molar-refractivity contribution in [1.29, 1.82) is 0 Å². The first-order valence-electron chi connectivity index (χ1n) is 8.14. The van der Waals surface area contributed by atoms with E-state index in [0.717, 1.165) is 28.1 Å². The van der Waals surface area contributed by atoms with E-state index in [1.807, 2.05) is 37.1 Å². The molecule has 2 heterocycles. The number of carbonyl (C=O) groups excluding carboxylic acids is 2. The van der Waals surface area contributed by atoms with Crippen LogP contribution in [0.5, 0.6) is 0 Å². The molecule has 24 heavy (non-hydrogen) atoms. The normalized spacial score (nSPS) is 24.2. The number of hydrogen-bond donors (Lipinski definition) is 1. The number of rotatable bonds is 5. The Kier molecular flexibility index (Phi) is 3.58. The molecule has 1 unspecified atom stereocenters. The van der Waals surface area contributed by atoms with E-state index in [2.05, 4.69) is 16.4 Å². The van der Waals surface area contributed by atoms with Crippen LogP contribution in [-0.2, 0) is 11.3 Å². The molecule has 1 aliphatic heterocycles. The number of carbonyl (C=O) groups is 2. The smallest absolute Gasteiger partial charge is 0.323 e. The van der Waals surface area contributed by atoms with E-state index < -0.39 is 5.54 Å². The van der Waals surface area contributed by atoms with E-state index in [0.29, 0.717) is 6.54 Å². The van der Waals surface area contributed by atoms with Gasteiger partial charge in [-0.25, -0.2) is 14.7 Å². The Morgan fingerprint density at radius 1 is 1.38 bits per heavy atom. The predicted octanol–water partition coefficient (Wildman–Crippen LogP) is 2.41. The highest BCUT2D eigenvalue weighted by Crippen LogP contribution is 2.42. The van der Waals surface area contributed by atoms with E-state index in [1.54, 1.807) is 11.3 Å². The van der Waals surface area contributed by atoms with Crippen LogP contribution in [0.15, 0.2) is 24.3 Å². The van der Waals surface area contributed by atoms with Gasteiger partial charge in [0.2, 0.25) is 0 Å². The first-order chi connectivity index (χ1) is 11.5. The maximum atomic E-state index is 12.7. The van der Waals surface area contributed by atoms with E-state index in [-0.39, 0.29) is 24.5 Å². The predicted molar refractivity (Wildman–Crippen MR) is 92.5 cm³/mol. The molecular formula is C17H20N4O2S. The summed E-state index contributed by atoms with van der Waals surface area (Å²) in [7, 11) is 1.90. The molecule has 126 valence electrons. The number of nitrogens with zero attached hydrogens (tertiary/aromatic N) is 3. The molecule has 1 saturated carbocycles. The lowest BCUT2D eigenvalue weighted by molar-refractivity contribution is -0.132. The molecule has 4 rings (SSSR count). The lowest BCUT2D eigenvalue weighted by Crippen LogP contribution is -2.46. The zero-order valence-electron chi connectivity index (χ0n) is 13.8. The van der Waals surface area contributed by atoms with Crippen LogP contribution >= 0.6 is 11.3 Å². The zero-order chi connectivity index (χ0) is 16.9. The molecule has 7 heteroatoms. The van der Waals surface area contributed by atoms with Crippen LogP contribution in [0.1, 0.15) is 24.8 Å². The molecule has 3 amide bonds. The Labute approximate surface area is 144 Å². The van der Waals surface area contributed by atoms with Crippen molar-refractivity contribution in [2.24, 2.45) is 5.92 Å². The monoisotopic (exact) mass is 344 g/mol. The van der Waals surface area contributed by atoms with Crippen LogP contribution in [-0.4, -0.2) is 46.0 Å². The summed E-state index contributed by atoms with van der Waals surface area (Å²) in [6.45, 7) is 2.73. The average molecular weight is 344 g/mol. The van der Waals surface area contributed by atoms with Crippen LogP contribution < -0.4 is 5.32 Å². The second-order valence-corrected chi connectivity index (χ2v) is 7.99. The summed E-state index contributed by atoms with van der Waals surface area (Å²) in [6.07, 6.45) is 2.02. The highest BCUT2D eigenvalue weighted by atomic mass is 32.1. The van der Waals surface area contributed by atoms with Gasteiger partial charge in [-0.05, 0) is 44.9 Å². The number of benzene rings is 1. The third-order valence-corrected chi connectivity index (χ3v) is 5.84. The molecule has 2 aliphatic rings. The molecule has 2 fully saturated rings. The first kappa shape index (κ1) is 15.5. The van der Waals surface area contributed by atoms with Crippen molar-refractivity contribution in [3.05, 3.63) is 29.3 Å². The van der Waals surface area contributed by atoms with Crippen LogP contribution in [0.3, 0.4) is 0 Å². The largest absolute Gasteiger partial charge is 0.326 e. The third kappa shape index (κ3) is 2.57. The van der Waals surface area contributed by atoms with Crippen LogP contribution in [0.4, 0.5) is 4.79 Å². The SMILES string of the molecule is CN(Cc1nc2ccccc2s1)CN1C(=O)NC(C)(C2CC2)C1=O. The molecule has 0 spiro atoms. The van der Waals surface area contributed by atoms with Gasteiger partial charge in [-0.1, -0.05) is 12.1 Å². The number of imide groups is 1. The van der Waals surface area contributed by atoms with E-state index in [4.69, 9.17) is 0 Å². The van der Waals surface area contributed by atoms with Gasteiger partial charge in [-0.3, -0.25) is 9.69 Å². The molecule has 6 nitrogen and oxygen atoms in total. The Bertz CT molecular complexity index is 783. The number of thiazole rings is 1. The van der Waals surface area contributed by atoms with Gasteiger partial charge in [0.25, 0.3) is 5.91 Å². The number of nitrogens with one attached hydrogen (secondary N) is 1. The molecule has 0 bridgehead atoms. The quantitative estimate of drug-likeness (QED) is 0.846. The van der Waals surface area contributed by atoms with Gasteiger partial charge in [-0.15, -0.1) is 11.3 Å². The molecular weight excluding hydrogens is 324 g/mol. The summed E-state index contributed by atoms with van der Waals surface area (Å²) in [5.74, 6) is 0.180. The average Bonchev–Trinajstić information content (AvgIpc) is 3.28. The summed E-state index contributed by atoms with van der Waals surface area (Å²) < 4.78 is 1.15. The van der Waals surface area contributed by atoms with Crippen molar-refractivity contribution in [2.75, 3.05) is 13.7 Å². The Morgan fingerprint density at radius 3 is 2.83 bits per heavy atom. The fraction of sp³-hybridized carbons (Fsp3) is 0.471. The van der Waals surface area contributed by atoms with Crippen molar-refractivity contribution in [3.63, 3.8) is 0 Å². The Balaban J connectivity index is 1.44. The number of urea groups is 1. The fourth-order valence-corrected chi connectivity index (χ4v) is 4.34. The molecule has 1 N–H and O–H groups in total. The van der Waals surface area contributed by atoms with Crippen molar-refractivity contribution < 1.29 is 9.59 Å². The summed E-state index contributed by atoms with van der Waals surface area (Å²) >= 11 is 1.64. The topological polar surface area (TPSA) is 65.5 Å². The summed E-state index contributed by atoms with van der Waals surface area (Å²) in [5, 5.41) is 3.86. The van der Waals surface area contributed by atoms with E-state index >= 15 is 0 Å². The first-order valence-corrected chi connectivity index (χ1v) is 8.96. The number of fused-ring (bicyclic) bond motifs is 1. The molecule has 1 saturated heterocycles. The van der Waals surface area contributed by atoms with Crippen molar-refractivity contribution in [2.45, 2.75) is 31.8 Å². The van der Waals surface area contributed by atoms with E-state index in [1.165, 1.54) is 4.90 Å². The zero-order valence-corrected chi connectivity index (χ0v) is 14.6. The minimum Gasteiger partial charge on any atom is -0.323 e. The molecule has 1 aliphatic carbocycles. The second-order valence-electron chi connectivity index (χ2n) is 6.87. The van der Waals surface area contributed by atoms with Gasteiger partial charge >= 0.3 is 6.03 Å². The number of hydrogen-bond acceptors (Lipinski definition) is 5. The van der Waals surface area contributed by atoms with E-state index in [9.17, 15) is 9.59 Å². The standard InChI is InChI=1S/C17H20N4O2S/c1-17(11-7-8-11)15(22)21(16(23)19-17)10-20(2)9-14-18-12-5-3-4-6-13(12)24-14/h3-6,11H,7-10H2,1-2H3,(H,19,23). The van der Waals surface area contributed by atoms with Crippen molar-refractivity contribution in [3.8, 4) is 0 Å². The number of para-hydroxylation sites is 1. The van der Waals surface area contributed by atoms with Gasteiger partial charge in [0.15, 0.2) is 0 Å². The molecule has 2 aromatic rings. The van der Waals surface area contributed by atoms with Gasteiger partial charge in [0, 0.05) is 0 Å². The third-order valence-electron chi connectivity index (χ3n) is 4.82. The van der Waals surface area contributed by atoms with Gasteiger partial charge in [0.05, 0.1) is 23.4 Å². The minimum absolute atomic E-state index is 0.105. The second kappa shape index (κ2) is 5.53. The van der Waals surface area contributed by atoms with Crippen LogP contribution in [0, 0.1) is 5.92 Å². The minimum atomic E-state index is -0.714. The Hall–Kier alpha value is -1.99. The van der Waals surface area contributed by atoms with Crippen LogP contribution in [0.2, 0.25) is 0 Å². The van der Waals surface area contributed by atoms with Crippen molar-refractivity contribution in [1.82, 2.24) is 20.1 Å². The van der Waals surface area contributed by atoms with Crippen molar-refractivity contribution >= 4 is 33.5 Å². The number of amides is 3. The lowest BCUT2D eigenvalue weighted by Gasteiger charge is -2.23. The highest BCUT2D eigenvalue weighted by Gasteiger charge is 2.56. The molecule has 1 atom stereocenters. The molecule has 1 aromatic carbocycles. The summed E-state index contributed by atoms with van der Waals surface area (Å²) in [6, 6.07) is 7.73. The van der Waals surface area contributed by atoms with Gasteiger partial charge in [-0.2, -0.15) is 0 Å². The van der Waals surface area contributed by atoms with Gasteiger partial charge in [0.1, 0.15) is 10.5 Å². The maximum Gasteiger partial charge on any atom is 0.326 e. The molecule has 1 aromatic heterocycles. The maximum absolute atomic E-state index is 12.7. The van der Waals surface area contributed by atoms with Gasteiger partial charge < -0.3 is 5.32 Å². The lowest BCUT2D eigenvalue weighted by atomic mass is 9.96. The summed E-state index contributed by atoms with van der Waals surface area (Å²) in [4.78, 5) is 32.7. The highest BCUT2D eigenvalue weighted by molar-refractivity contribution is 7.18. The Morgan fingerprint density at radius 2 is 2.12 bits per heavy atom.